The van der Waals surface area contributed by atoms with Crippen LogP contribution >= 0.6 is 0 Å². The zero-order valence-corrected chi connectivity index (χ0v) is 14.3. The molecule has 0 saturated carbocycles. The molecule has 1 N–H and O–H groups in total. The molecule has 0 amide bonds. The van der Waals surface area contributed by atoms with Gasteiger partial charge in [0.05, 0.1) is 11.8 Å². The molecule has 5 nitrogen and oxygen atoms in total. The summed E-state index contributed by atoms with van der Waals surface area (Å²) in [7, 11) is 3.97. The van der Waals surface area contributed by atoms with Crippen LogP contribution in [-0.4, -0.2) is 39.6 Å². The fraction of sp³-hybridized carbons (Fsp3) is 0.316. The van der Waals surface area contributed by atoms with Crippen molar-refractivity contribution in [3.05, 3.63) is 64.7 Å². The van der Waals surface area contributed by atoms with Gasteiger partial charge in [-0.25, -0.2) is 0 Å². The van der Waals surface area contributed by atoms with Crippen molar-refractivity contribution in [1.82, 2.24) is 13.9 Å². The van der Waals surface area contributed by atoms with E-state index in [9.17, 15) is 9.90 Å². The molecule has 0 aliphatic heterocycles. The maximum atomic E-state index is 12.4. The first kappa shape index (κ1) is 16.5. The summed E-state index contributed by atoms with van der Waals surface area (Å²) in [5.41, 5.74) is 3.49. The van der Waals surface area contributed by atoms with E-state index in [0.29, 0.717) is 6.54 Å². The first-order valence-electron chi connectivity index (χ1n) is 8.11. The van der Waals surface area contributed by atoms with Crippen molar-refractivity contribution in [3.8, 4) is 11.3 Å². The molecule has 3 aromatic heterocycles. The van der Waals surface area contributed by atoms with E-state index in [1.165, 1.54) is 0 Å². The Morgan fingerprint density at radius 3 is 2.62 bits per heavy atom. The summed E-state index contributed by atoms with van der Waals surface area (Å²) < 4.78 is 3.72. The van der Waals surface area contributed by atoms with Crippen molar-refractivity contribution in [2.75, 3.05) is 20.6 Å². The van der Waals surface area contributed by atoms with Crippen LogP contribution in [0.2, 0.25) is 0 Å². The third kappa shape index (κ3) is 3.13. The van der Waals surface area contributed by atoms with Crippen molar-refractivity contribution < 1.29 is 5.11 Å². The maximum Gasteiger partial charge on any atom is 0.251 e. The number of aromatic nitrogens is 2. The maximum absolute atomic E-state index is 12.4. The summed E-state index contributed by atoms with van der Waals surface area (Å²) >= 11 is 0. The van der Waals surface area contributed by atoms with E-state index in [4.69, 9.17) is 0 Å². The van der Waals surface area contributed by atoms with Gasteiger partial charge in [0.15, 0.2) is 0 Å². The minimum Gasteiger partial charge on any atom is -0.389 e. The fourth-order valence-corrected chi connectivity index (χ4v) is 2.92. The molecule has 0 fully saturated rings. The molecule has 0 aliphatic rings. The first-order chi connectivity index (χ1) is 11.5. The lowest BCUT2D eigenvalue weighted by molar-refractivity contribution is 0.200. The van der Waals surface area contributed by atoms with Gasteiger partial charge < -0.3 is 19.0 Å². The summed E-state index contributed by atoms with van der Waals surface area (Å²) in [6, 6.07) is 11.5. The van der Waals surface area contributed by atoms with Crippen molar-refractivity contribution in [3.63, 3.8) is 0 Å². The predicted molar refractivity (Wildman–Crippen MR) is 96.3 cm³/mol. The van der Waals surface area contributed by atoms with Crippen LogP contribution in [0.1, 0.15) is 18.6 Å². The van der Waals surface area contributed by atoms with Crippen LogP contribution in [-0.2, 0) is 6.54 Å². The molecular formula is C19H23N3O2. The van der Waals surface area contributed by atoms with Gasteiger partial charge in [-0.1, -0.05) is 6.07 Å². The van der Waals surface area contributed by atoms with Crippen LogP contribution in [0, 0.1) is 0 Å². The van der Waals surface area contributed by atoms with Gasteiger partial charge in [0, 0.05) is 48.2 Å². The Bertz CT molecular complexity index is 906. The smallest absolute Gasteiger partial charge is 0.251 e. The van der Waals surface area contributed by atoms with Crippen LogP contribution in [0.15, 0.2) is 53.6 Å². The van der Waals surface area contributed by atoms with Crippen molar-refractivity contribution in [1.29, 1.82) is 0 Å². The molecule has 1 atom stereocenters. The van der Waals surface area contributed by atoms with Crippen molar-refractivity contribution in [2.24, 2.45) is 0 Å². The SMILES string of the molecule is CC(O)c1cc2ccccn2c1-c1ccn(CCN(C)C)c(=O)c1. The molecule has 126 valence electrons. The molecule has 0 aromatic carbocycles. The van der Waals surface area contributed by atoms with Crippen LogP contribution < -0.4 is 5.56 Å². The van der Waals surface area contributed by atoms with E-state index in [0.717, 1.165) is 28.9 Å². The Hall–Kier alpha value is -2.37. The summed E-state index contributed by atoms with van der Waals surface area (Å²) in [4.78, 5) is 14.5. The van der Waals surface area contributed by atoms with Gasteiger partial charge in [0.1, 0.15) is 0 Å². The average molecular weight is 325 g/mol. The Labute approximate surface area is 141 Å². The third-order valence-corrected chi connectivity index (χ3v) is 4.22. The molecule has 0 bridgehead atoms. The van der Waals surface area contributed by atoms with Gasteiger partial charge in [-0.15, -0.1) is 0 Å². The number of rotatable bonds is 5. The number of nitrogens with zero attached hydrogens (tertiary/aromatic N) is 3. The standard InChI is InChI=1S/C19H23N3O2/c1-14(23)17-13-16-6-4-5-8-22(16)19(17)15-7-9-21(18(24)12-15)11-10-20(2)3/h4-9,12-14,23H,10-11H2,1-3H3. The highest BCUT2D eigenvalue weighted by Gasteiger charge is 2.16. The highest BCUT2D eigenvalue weighted by Crippen LogP contribution is 2.31. The number of fused-ring (bicyclic) bond motifs is 1. The number of aliphatic hydroxyl groups is 1. The van der Waals surface area contributed by atoms with Crippen LogP contribution in [0.5, 0.6) is 0 Å². The quantitative estimate of drug-likeness (QED) is 0.783. The van der Waals surface area contributed by atoms with E-state index in [1.807, 2.05) is 66.1 Å². The van der Waals surface area contributed by atoms with Crippen molar-refractivity contribution in [2.45, 2.75) is 19.6 Å². The molecule has 3 aromatic rings. The molecule has 24 heavy (non-hydrogen) atoms. The van der Waals surface area contributed by atoms with E-state index in [1.54, 1.807) is 17.6 Å². The van der Waals surface area contributed by atoms with Gasteiger partial charge >= 0.3 is 0 Å². The van der Waals surface area contributed by atoms with Gasteiger partial charge in [0.2, 0.25) is 0 Å². The Morgan fingerprint density at radius 2 is 1.96 bits per heavy atom. The topological polar surface area (TPSA) is 49.9 Å². The number of pyridine rings is 2. The molecule has 0 saturated heterocycles. The molecule has 0 radical (unpaired) electrons. The zero-order chi connectivity index (χ0) is 17.3. The summed E-state index contributed by atoms with van der Waals surface area (Å²) in [5, 5.41) is 10.1. The summed E-state index contributed by atoms with van der Waals surface area (Å²) in [6.07, 6.45) is 3.18. The van der Waals surface area contributed by atoms with Crippen LogP contribution in [0.25, 0.3) is 16.8 Å². The zero-order valence-electron chi connectivity index (χ0n) is 14.3. The fourth-order valence-electron chi connectivity index (χ4n) is 2.92. The lowest BCUT2D eigenvalue weighted by Crippen LogP contribution is -2.25. The lowest BCUT2D eigenvalue weighted by Gasteiger charge is -2.13. The van der Waals surface area contributed by atoms with Gasteiger partial charge in [-0.3, -0.25) is 4.79 Å². The van der Waals surface area contributed by atoms with Gasteiger partial charge in [-0.05, 0) is 45.3 Å². The first-order valence-corrected chi connectivity index (χ1v) is 8.11. The normalized spacial score (nSPS) is 12.9. The Morgan fingerprint density at radius 1 is 1.17 bits per heavy atom. The van der Waals surface area contributed by atoms with E-state index < -0.39 is 6.10 Å². The second kappa shape index (κ2) is 6.63. The molecular weight excluding hydrogens is 302 g/mol. The molecule has 0 spiro atoms. The second-order valence-corrected chi connectivity index (χ2v) is 6.37. The molecule has 3 heterocycles. The lowest BCUT2D eigenvalue weighted by atomic mass is 10.1. The predicted octanol–water partition coefficient (Wildman–Crippen LogP) is 2.38. The number of hydrogen-bond acceptors (Lipinski definition) is 3. The van der Waals surface area contributed by atoms with E-state index in [-0.39, 0.29) is 5.56 Å². The minimum atomic E-state index is -0.601. The number of likely N-dealkylation sites (N-methyl/N-ethyl adjacent to an activating group) is 1. The van der Waals surface area contributed by atoms with Crippen LogP contribution in [0.3, 0.4) is 0 Å². The Kier molecular flexibility index (Phi) is 4.55. The van der Waals surface area contributed by atoms with Gasteiger partial charge in [-0.2, -0.15) is 0 Å². The molecule has 5 heteroatoms. The highest BCUT2D eigenvalue weighted by atomic mass is 16.3. The number of hydrogen-bond donors (Lipinski definition) is 1. The average Bonchev–Trinajstić information content (AvgIpc) is 2.93. The monoisotopic (exact) mass is 325 g/mol. The molecule has 0 aliphatic carbocycles. The minimum absolute atomic E-state index is 0.0308. The van der Waals surface area contributed by atoms with Crippen LogP contribution in [0.4, 0.5) is 0 Å². The summed E-state index contributed by atoms with van der Waals surface area (Å²) in [6.45, 7) is 3.22. The highest BCUT2D eigenvalue weighted by molar-refractivity contribution is 5.71. The van der Waals surface area contributed by atoms with Gasteiger partial charge in [0.25, 0.3) is 5.56 Å². The Balaban J connectivity index is 2.09. The number of aliphatic hydroxyl groups excluding tert-OH is 1. The largest absolute Gasteiger partial charge is 0.389 e. The summed E-state index contributed by atoms with van der Waals surface area (Å²) in [5.74, 6) is 0. The van der Waals surface area contributed by atoms with E-state index >= 15 is 0 Å². The third-order valence-electron chi connectivity index (χ3n) is 4.22. The van der Waals surface area contributed by atoms with Crippen molar-refractivity contribution >= 4 is 5.52 Å². The molecule has 3 rings (SSSR count). The second-order valence-electron chi connectivity index (χ2n) is 6.37. The molecule has 1 unspecified atom stereocenters. The van der Waals surface area contributed by atoms with E-state index in [2.05, 4.69) is 0 Å².